The first-order chi connectivity index (χ1) is 8.90. The molecule has 2 amide bonds. The van der Waals surface area contributed by atoms with E-state index in [1.807, 2.05) is 0 Å². The van der Waals surface area contributed by atoms with Crippen LogP contribution in [-0.2, 0) is 9.59 Å². The second-order valence-corrected chi connectivity index (χ2v) is 5.61. The Morgan fingerprint density at radius 2 is 1.89 bits per heavy atom. The normalized spacial score (nSPS) is 20.8. The number of hydrogen-bond donors (Lipinski definition) is 1. The molecule has 1 N–H and O–H groups in total. The molecule has 0 aliphatic heterocycles. The second-order valence-electron chi connectivity index (χ2n) is 4.80. The van der Waals surface area contributed by atoms with Crippen LogP contribution < -0.4 is 5.32 Å². The molecule has 1 aliphatic carbocycles. The summed E-state index contributed by atoms with van der Waals surface area (Å²) in [6.45, 7) is 0. The first-order valence-electron chi connectivity index (χ1n) is 5.87. The van der Waals surface area contributed by atoms with Crippen LogP contribution in [0.15, 0.2) is 18.2 Å². The summed E-state index contributed by atoms with van der Waals surface area (Å²) in [5, 5.41) is 3.57. The molecule has 1 aromatic rings. The average molecular weight is 301 g/mol. The summed E-state index contributed by atoms with van der Waals surface area (Å²) in [5.41, 5.74) is 0.586. The number of halogens is 2. The number of nitrogens with one attached hydrogen (secondary N) is 1. The minimum Gasteiger partial charge on any atom is -0.349 e. The predicted octanol–water partition coefficient (Wildman–Crippen LogP) is 2.66. The highest BCUT2D eigenvalue weighted by molar-refractivity contribution is 6.42. The fourth-order valence-corrected chi connectivity index (χ4v) is 2.20. The molecule has 0 saturated heterocycles. The highest BCUT2D eigenvalue weighted by Gasteiger charge is 2.48. The van der Waals surface area contributed by atoms with Crippen molar-refractivity contribution in [3.05, 3.63) is 28.2 Å². The summed E-state index contributed by atoms with van der Waals surface area (Å²) in [6, 6.07) is 4.89. The van der Waals surface area contributed by atoms with Gasteiger partial charge in [0.2, 0.25) is 11.8 Å². The number of rotatable bonds is 3. The number of carbonyl (C=O) groups is 2. The average Bonchev–Trinajstić information content (AvgIpc) is 3.13. The Hall–Kier alpha value is -1.26. The van der Waals surface area contributed by atoms with E-state index in [4.69, 9.17) is 23.2 Å². The van der Waals surface area contributed by atoms with Crippen molar-refractivity contribution in [1.82, 2.24) is 4.90 Å². The molecule has 19 heavy (non-hydrogen) atoms. The topological polar surface area (TPSA) is 49.4 Å². The lowest BCUT2D eigenvalue weighted by Gasteiger charge is -2.10. The molecule has 2 rings (SSSR count). The number of anilines is 1. The van der Waals surface area contributed by atoms with Gasteiger partial charge in [-0.05, 0) is 24.6 Å². The molecule has 4 nitrogen and oxygen atoms in total. The lowest BCUT2D eigenvalue weighted by atomic mass is 10.2. The molecule has 0 bridgehead atoms. The van der Waals surface area contributed by atoms with E-state index < -0.39 is 0 Å². The van der Waals surface area contributed by atoms with Crippen LogP contribution >= 0.6 is 23.2 Å². The third-order valence-electron chi connectivity index (χ3n) is 3.07. The highest BCUT2D eigenvalue weighted by atomic mass is 35.5. The van der Waals surface area contributed by atoms with Crippen LogP contribution in [0.2, 0.25) is 10.0 Å². The third-order valence-corrected chi connectivity index (χ3v) is 3.81. The van der Waals surface area contributed by atoms with Crippen LogP contribution in [0, 0.1) is 11.8 Å². The quantitative estimate of drug-likeness (QED) is 0.933. The van der Waals surface area contributed by atoms with E-state index in [1.54, 1.807) is 32.3 Å². The molecule has 0 spiro atoms. The van der Waals surface area contributed by atoms with Gasteiger partial charge in [0.15, 0.2) is 0 Å². The Bertz CT molecular complexity index is 531. The molecule has 1 aromatic carbocycles. The van der Waals surface area contributed by atoms with Crippen molar-refractivity contribution in [2.45, 2.75) is 6.42 Å². The van der Waals surface area contributed by atoms with Crippen LogP contribution in [0.3, 0.4) is 0 Å². The number of benzene rings is 1. The molecule has 0 aromatic heterocycles. The van der Waals surface area contributed by atoms with Crippen LogP contribution in [0.5, 0.6) is 0 Å². The molecular formula is C13H14Cl2N2O2. The fourth-order valence-electron chi connectivity index (χ4n) is 1.90. The molecule has 0 heterocycles. The van der Waals surface area contributed by atoms with Gasteiger partial charge in [-0.1, -0.05) is 23.2 Å². The zero-order chi connectivity index (χ0) is 14.2. The van der Waals surface area contributed by atoms with Crippen molar-refractivity contribution >= 4 is 40.7 Å². The molecule has 6 heteroatoms. The Kier molecular flexibility index (Phi) is 4.02. The van der Waals surface area contributed by atoms with E-state index in [9.17, 15) is 9.59 Å². The van der Waals surface area contributed by atoms with E-state index in [2.05, 4.69) is 5.32 Å². The number of hydrogen-bond acceptors (Lipinski definition) is 2. The van der Waals surface area contributed by atoms with Gasteiger partial charge in [-0.25, -0.2) is 0 Å². The molecular weight excluding hydrogens is 287 g/mol. The van der Waals surface area contributed by atoms with Gasteiger partial charge >= 0.3 is 0 Å². The maximum atomic E-state index is 12.0. The maximum absolute atomic E-state index is 12.0. The highest BCUT2D eigenvalue weighted by Crippen LogP contribution is 2.40. The molecule has 1 fully saturated rings. The van der Waals surface area contributed by atoms with Crippen molar-refractivity contribution in [3.8, 4) is 0 Å². The van der Waals surface area contributed by atoms with E-state index in [-0.39, 0.29) is 23.7 Å². The molecule has 0 radical (unpaired) electrons. The Balaban J connectivity index is 1.96. The summed E-state index contributed by atoms with van der Waals surface area (Å²) in [7, 11) is 3.38. The van der Waals surface area contributed by atoms with Crippen LogP contribution in [0.4, 0.5) is 5.69 Å². The zero-order valence-corrected chi connectivity index (χ0v) is 12.1. The summed E-state index contributed by atoms with van der Waals surface area (Å²) in [5.74, 6) is -0.602. The molecule has 1 aliphatic rings. The van der Waals surface area contributed by atoms with Crippen LogP contribution in [-0.4, -0.2) is 30.8 Å². The summed E-state index contributed by atoms with van der Waals surface area (Å²) in [4.78, 5) is 25.1. The smallest absolute Gasteiger partial charge is 0.228 e. The van der Waals surface area contributed by atoms with Crippen molar-refractivity contribution in [1.29, 1.82) is 0 Å². The minimum atomic E-state index is -0.246. The molecule has 102 valence electrons. The van der Waals surface area contributed by atoms with E-state index in [1.165, 1.54) is 4.90 Å². The van der Waals surface area contributed by atoms with Crippen LogP contribution in [0.1, 0.15) is 6.42 Å². The van der Waals surface area contributed by atoms with E-state index in [0.717, 1.165) is 0 Å². The third kappa shape index (κ3) is 3.19. The number of nitrogens with zero attached hydrogens (tertiary/aromatic N) is 1. The Morgan fingerprint density at radius 3 is 2.47 bits per heavy atom. The molecule has 2 atom stereocenters. The molecule has 0 unspecified atom stereocenters. The van der Waals surface area contributed by atoms with Gasteiger partial charge in [0, 0.05) is 19.8 Å². The summed E-state index contributed by atoms with van der Waals surface area (Å²) in [6.07, 6.45) is 0.601. The van der Waals surface area contributed by atoms with Crippen molar-refractivity contribution in [2.24, 2.45) is 11.8 Å². The number of amides is 2. The first-order valence-corrected chi connectivity index (χ1v) is 6.63. The summed E-state index contributed by atoms with van der Waals surface area (Å²) >= 11 is 11.7. The first kappa shape index (κ1) is 14.2. The van der Waals surface area contributed by atoms with Crippen LogP contribution in [0.25, 0.3) is 0 Å². The zero-order valence-electron chi connectivity index (χ0n) is 10.6. The predicted molar refractivity (Wildman–Crippen MR) is 75.4 cm³/mol. The lowest BCUT2D eigenvalue weighted by Crippen LogP contribution is -2.26. The maximum Gasteiger partial charge on any atom is 0.228 e. The Labute approximate surface area is 121 Å². The van der Waals surface area contributed by atoms with Gasteiger partial charge in [-0.3, -0.25) is 9.59 Å². The standard InChI is InChI=1S/C13H14Cl2N2O2/c1-17(2)13(19)9-6-8(9)12(18)16-7-3-4-10(14)11(15)5-7/h3-5,8-9H,6H2,1-2H3,(H,16,18)/t8-,9+/m1/s1. The van der Waals surface area contributed by atoms with Gasteiger partial charge in [0.25, 0.3) is 0 Å². The summed E-state index contributed by atoms with van der Waals surface area (Å²) < 4.78 is 0. The monoisotopic (exact) mass is 300 g/mol. The van der Waals surface area contributed by atoms with Gasteiger partial charge in [-0.15, -0.1) is 0 Å². The van der Waals surface area contributed by atoms with Crippen molar-refractivity contribution in [3.63, 3.8) is 0 Å². The number of carbonyl (C=O) groups excluding carboxylic acids is 2. The van der Waals surface area contributed by atoms with Gasteiger partial charge in [-0.2, -0.15) is 0 Å². The van der Waals surface area contributed by atoms with Gasteiger partial charge < -0.3 is 10.2 Å². The van der Waals surface area contributed by atoms with Gasteiger partial charge in [0.1, 0.15) is 0 Å². The van der Waals surface area contributed by atoms with Crippen molar-refractivity contribution in [2.75, 3.05) is 19.4 Å². The minimum absolute atomic E-state index is 0.00529. The van der Waals surface area contributed by atoms with Crippen molar-refractivity contribution < 1.29 is 9.59 Å². The SMILES string of the molecule is CN(C)C(=O)[C@H]1C[C@H]1C(=O)Nc1ccc(Cl)c(Cl)c1. The van der Waals surface area contributed by atoms with E-state index >= 15 is 0 Å². The largest absolute Gasteiger partial charge is 0.349 e. The van der Waals surface area contributed by atoms with Gasteiger partial charge in [0.05, 0.1) is 21.9 Å². The second kappa shape index (κ2) is 5.39. The Morgan fingerprint density at radius 1 is 1.21 bits per heavy atom. The fraction of sp³-hybridized carbons (Fsp3) is 0.385. The lowest BCUT2D eigenvalue weighted by molar-refractivity contribution is -0.131. The molecule has 1 saturated carbocycles. The van der Waals surface area contributed by atoms with E-state index in [0.29, 0.717) is 22.2 Å².